The SMILES string of the molecule is CCc1cc(NC(=O)c2cc(C)nc3ccccc23)n[nH]1. The molecule has 2 heterocycles. The van der Waals surface area contributed by atoms with Crippen molar-refractivity contribution in [2.24, 2.45) is 0 Å². The quantitative estimate of drug-likeness (QED) is 0.774. The van der Waals surface area contributed by atoms with Crippen molar-refractivity contribution < 1.29 is 4.79 Å². The number of amides is 1. The average Bonchev–Trinajstić information content (AvgIpc) is 2.94. The molecular weight excluding hydrogens is 264 g/mol. The van der Waals surface area contributed by atoms with Gasteiger partial charge in [-0.2, -0.15) is 5.10 Å². The van der Waals surface area contributed by atoms with Crippen LogP contribution in [0, 0.1) is 6.92 Å². The van der Waals surface area contributed by atoms with Crippen LogP contribution in [0.1, 0.15) is 28.7 Å². The largest absolute Gasteiger partial charge is 0.305 e. The van der Waals surface area contributed by atoms with Gasteiger partial charge in [-0.05, 0) is 25.5 Å². The Kier molecular flexibility index (Phi) is 3.39. The fraction of sp³-hybridized carbons (Fsp3) is 0.188. The Bertz CT molecular complexity index is 807. The molecule has 1 aromatic carbocycles. The molecule has 0 fully saturated rings. The highest BCUT2D eigenvalue weighted by atomic mass is 16.1. The monoisotopic (exact) mass is 280 g/mol. The zero-order chi connectivity index (χ0) is 14.8. The van der Waals surface area contributed by atoms with E-state index in [0.717, 1.165) is 28.7 Å². The zero-order valence-corrected chi connectivity index (χ0v) is 12.0. The van der Waals surface area contributed by atoms with Crippen molar-refractivity contribution in [1.29, 1.82) is 0 Å². The normalized spacial score (nSPS) is 10.8. The molecule has 106 valence electrons. The molecule has 2 aromatic heterocycles. The molecule has 21 heavy (non-hydrogen) atoms. The highest BCUT2D eigenvalue weighted by Gasteiger charge is 2.13. The zero-order valence-electron chi connectivity index (χ0n) is 12.0. The molecule has 0 radical (unpaired) electrons. The number of nitrogens with zero attached hydrogens (tertiary/aromatic N) is 2. The maximum atomic E-state index is 12.5. The average molecular weight is 280 g/mol. The molecule has 0 aliphatic rings. The predicted molar refractivity (Wildman–Crippen MR) is 82.4 cm³/mol. The van der Waals surface area contributed by atoms with Gasteiger partial charge in [0.1, 0.15) is 0 Å². The van der Waals surface area contributed by atoms with E-state index < -0.39 is 0 Å². The van der Waals surface area contributed by atoms with Crippen molar-refractivity contribution in [2.75, 3.05) is 5.32 Å². The number of anilines is 1. The van der Waals surface area contributed by atoms with Crippen LogP contribution in [-0.4, -0.2) is 21.1 Å². The number of nitrogens with one attached hydrogen (secondary N) is 2. The van der Waals surface area contributed by atoms with E-state index in [4.69, 9.17) is 0 Å². The van der Waals surface area contributed by atoms with Gasteiger partial charge in [0.15, 0.2) is 5.82 Å². The van der Waals surface area contributed by atoms with E-state index in [2.05, 4.69) is 20.5 Å². The van der Waals surface area contributed by atoms with Crippen molar-refractivity contribution in [3.8, 4) is 0 Å². The van der Waals surface area contributed by atoms with E-state index in [-0.39, 0.29) is 5.91 Å². The van der Waals surface area contributed by atoms with E-state index >= 15 is 0 Å². The number of rotatable bonds is 3. The molecule has 1 amide bonds. The van der Waals surface area contributed by atoms with Gasteiger partial charge in [-0.25, -0.2) is 0 Å². The summed E-state index contributed by atoms with van der Waals surface area (Å²) < 4.78 is 0. The van der Waals surface area contributed by atoms with E-state index in [1.807, 2.05) is 44.2 Å². The van der Waals surface area contributed by atoms with Gasteiger partial charge < -0.3 is 5.32 Å². The summed E-state index contributed by atoms with van der Waals surface area (Å²) in [5.74, 6) is 0.362. The lowest BCUT2D eigenvalue weighted by molar-refractivity contribution is 0.102. The summed E-state index contributed by atoms with van der Waals surface area (Å²) in [5, 5.41) is 10.6. The predicted octanol–water partition coefficient (Wildman–Crippen LogP) is 3.08. The molecule has 3 aromatic rings. The maximum Gasteiger partial charge on any atom is 0.257 e. The number of aryl methyl sites for hydroxylation is 2. The van der Waals surface area contributed by atoms with E-state index in [0.29, 0.717) is 11.4 Å². The third-order valence-corrected chi connectivity index (χ3v) is 3.34. The fourth-order valence-electron chi connectivity index (χ4n) is 2.29. The molecule has 0 bridgehead atoms. The second-order valence-electron chi connectivity index (χ2n) is 4.91. The van der Waals surface area contributed by atoms with E-state index in [1.165, 1.54) is 0 Å². The van der Waals surface area contributed by atoms with Crippen LogP contribution in [-0.2, 0) is 6.42 Å². The topological polar surface area (TPSA) is 70.7 Å². The number of carbonyl (C=O) groups is 1. The Morgan fingerprint density at radius 2 is 2.10 bits per heavy atom. The molecule has 0 unspecified atom stereocenters. The summed E-state index contributed by atoms with van der Waals surface area (Å²) in [6.07, 6.45) is 0.847. The Labute approximate surface area is 122 Å². The van der Waals surface area contributed by atoms with Crippen molar-refractivity contribution in [3.63, 3.8) is 0 Å². The standard InChI is InChI=1S/C16H16N4O/c1-3-11-9-15(20-19-11)18-16(21)13-8-10(2)17-14-7-5-4-6-12(13)14/h4-9H,3H2,1-2H3,(H2,18,19,20,21). The maximum absolute atomic E-state index is 12.5. The molecule has 0 saturated carbocycles. The second kappa shape index (κ2) is 5.36. The number of benzene rings is 1. The molecule has 2 N–H and O–H groups in total. The molecular formula is C16H16N4O. The number of hydrogen-bond donors (Lipinski definition) is 2. The van der Waals surface area contributed by atoms with Crippen LogP contribution < -0.4 is 5.32 Å². The Hall–Kier alpha value is -2.69. The van der Waals surface area contributed by atoms with Gasteiger partial charge >= 0.3 is 0 Å². The summed E-state index contributed by atoms with van der Waals surface area (Å²) >= 11 is 0. The van der Waals surface area contributed by atoms with Crippen molar-refractivity contribution >= 4 is 22.6 Å². The lowest BCUT2D eigenvalue weighted by atomic mass is 10.1. The van der Waals surface area contributed by atoms with Crippen molar-refractivity contribution in [2.45, 2.75) is 20.3 Å². The Morgan fingerprint density at radius 1 is 1.29 bits per heavy atom. The van der Waals surface area contributed by atoms with Crippen molar-refractivity contribution in [1.82, 2.24) is 15.2 Å². The fourth-order valence-corrected chi connectivity index (χ4v) is 2.29. The third kappa shape index (κ3) is 2.63. The lowest BCUT2D eigenvalue weighted by Crippen LogP contribution is -2.13. The van der Waals surface area contributed by atoms with Gasteiger partial charge in [0.25, 0.3) is 5.91 Å². The minimum atomic E-state index is -0.175. The number of hydrogen-bond acceptors (Lipinski definition) is 3. The number of H-pyrrole nitrogens is 1. The summed E-state index contributed by atoms with van der Waals surface area (Å²) in [5.41, 5.74) is 3.23. The number of para-hydroxylation sites is 1. The van der Waals surface area contributed by atoms with Crippen LogP contribution in [0.4, 0.5) is 5.82 Å². The molecule has 0 spiro atoms. The van der Waals surface area contributed by atoms with Gasteiger partial charge in [0, 0.05) is 22.8 Å². The van der Waals surface area contributed by atoms with E-state index in [1.54, 1.807) is 6.07 Å². The summed E-state index contributed by atoms with van der Waals surface area (Å²) in [6, 6.07) is 11.3. The van der Waals surface area contributed by atoms with E-state index in [9.17, 15) is 4.79 Å². The van der Waals surface area contributed by atoms with Gasteiger partial charge in [0.2, 0.25) is 0 Å². The number of carbonyl (C=O) groups excluding carboxylic acids is 1. The molecule has 0 saturated heterocycles. The molecule has 0 atom stereocenters. The van der Waals surface area contributed by atoms with Crippen LogP contribution in [0.3, 0.4) is 0 Å². The second-order valence-corrected chi connectivity index (χ2v) is 4.91. The molecule has 0 aliphatic carbocycles. The highest BCUT2D eigenvalue weighted by Crippen LogP contribution is 2.19. The van der Waals surface area contributed by atoms with Gasteiger partial charge in [-0.1, -0.05) is 25.1 Å². The summed E-state index contributed by atoms with van der Waals surface area (Å²) in [7, 11) is 0. The first-order valence-corrected chi connectivity index (χ1v) is 6.89. The minimum Gasteiger partial charge on any atom is -0.305 e. The van der Waals surface area contributed by atoms with Gasteiger partial charge in [0.05, 0.1) is 11.1 Å². The van der Waals surface area contributed by atoms with Crippen LogP contribution in [0.5, 0.6) is 0 Å². The van der Waals surface area contributed by atoms with Crippen molar-refractivity contribution in [3.05, 3.63) is 53.3 Å². The Morgan fingerprint density at radius 3 is 2.86 bits per heavy atom. The first-order chi connectivity index (χ1) is 10.2. The van der Waals surface area contributed by atoms with Crippen LogP contribution in [0.15, 0.2) is 36.4 Å². The first kappa shape index (κ1) is 13.3. The number of aromatic amines is 1. The highest BCUT2D eigenvalue weighted by molar-refractivity contribution is 6.12. The van der Waals surface area contributed by atoms with Crippen LogP contribution in [0.2, 0.25) is 0 Å². The Balaban J connectivity index is 1.97. The first-order valence-electron chi connectivity index (χ1n) is 6.89. The van der Waals surface area contributed by atoms with Crippen LogP contribution >= 0.6 is 0 Å². The van der Waals surface area contributed by atoms with Gasteiger partial charge in [-0.3, -0.25) is 14.9 Å². The number of fused-ring (bicyclic) bond motifs is 1. The van der Waals surface area contributed by atoms with Gasteiger partial charge in [-0.15, -0.1) is 0 Å². The molecule has 5 nitrogen and oxygen atoms in total. The number of pyridine rings is 1. The smallest absolute Gasteiger partial charge is 0.257 e. The summed E-state index contributed by atoms with van der Waals surface area (Å²) in [6.45, 7) is 3.91. The summed E-state index contributed by atoms with van der Waals surface area (Å²) in [4.78, 5) is 16.9. The number of aromatic nitrogens is 3. The molecule has 3 rings (SSSR count). The molecule has 5 heteroatoms. The third-order valence-electron chi connectivity index (χ3n) is 3.34. The molecule has 0 aliphatic heterocycles. The lowest BCUT2D eigenvalue weighted by Gasteiger charge is -2.07. The minimum absolute atomic E-state index is 0.175. The van der Waals surface area contributed by atoms with Crippen LogP contribution in [0.25, 0.3) is 10.9 Å².